The molecule has 1 aromatic carbocycles. The van der Waals surface area contributed by atoms with E-state index in [9.17, 15) is 10.1 Å². The molecule has 82 valence electrons. The van der Waals surface area contributed by atoms with Crippen molar-refractivity contribution in [1.82, 2.24) is 0 Å². The molecule has 5 heteroatoms. The van der Waals surface area contributed by atoms with E-state index in [1.807, 2.05) is 6.07 Å². The SMILES string of the molecule is N#Cc1cc(C=CCCO)cc([N+](=O)[O-])c1. The quantitative estimate of drug-likeness (QED) is 0.617. The molecule has 0 saturated heterocycles. The highest BCUT2D eigenvalue weighted by molar-refractivity contribution is 5.57. The Labute approximate surface area is 92.4 Å². The molecule has 0 saturated carbocycles. The Morgan fingerprint density at radius 2 is 2.25 bits per heavy atom. The molecule has 1 rings (SSSR count). The first kappa shape index (κ1) is 11.9. The van der Waals surface area contributed by atoms with Gasteiger partial charge >= 0.3 is 0 Å². The first-order valence-corrected chi connectivity index (χ1v) is 4.64. The highest BCUT2D eigenvalue weighted by Crippen LogP contribution is 2.17. The van der Waals surface area contributed by atoms with Crippen LogP contribution in [-0.4, -0.2) is 16.6 Å². The molecular formula is C11H10N2O3. The minimum Gasteiger partial charge on any atom is -0.396 e. The molecule has 0 radical (unpaired) electrons. The number of aliphatic hydroxyl groups is 1. The maximum absolute atomic E-state index is 10.6. The summed E-state index contributed by atoms with van der Waals surface area (Å²) in [6.45, 7) is 0.0243. The van der Waals surface area contributed by atoms with Gasteiger partial charge in [0.15, 0.2) is 0 Å². The van der Waals surface area contributed by atoms with E-state index in [1.165, 1.54) is 12.1 Å². The molecule has 0 atom stereocenters. The standard InChI is InChI=1S/C11H10N2O3/c12-8-10-5-9(3-1-2-4-14)6-11(7-10)13(15)16/h1,3,5-7,14H,2,4H2. The van der Waals surface area contributed by atoms with E-state index in [2.05, 4.69) is 0 Å². The molecule has 0 spiro atoms. The molecule has 0 heterocycles. The topological polar surface area (TPSA) is 87.2 Å². The highest BCUT2D eigenvalue weighted by Gasteiger charge is 2.07. The first-order chi connectivity index (χ1) is 7.67. The van der Waals surface area contributed by atoms with Gasteiger partial charge in [0.2, 0.25) is 0 Å². The van der Waals surface area contributed by atoms with Crippen molar-refractivity contribution in [2.45, 2.75) is 6.42 Å². The maximum Gasteiger partial charge on any atom is 0.271 e. The molecule has 0 aromatic heterocycles. The molecule has 16 heavy (non-hydrogen) atoms. The van der Waals surface area contributed by atoms with Gasteiger partial charge in [0.05, 0.1) is 16.6 Å². The van der Waals surface area contributed by atoms with E-state index in [0.717, 1.165) is 0 Å². The average molecular weight is 218 g/mol. The van der Waals surface area contributed by atoms with Gasteiger partial charge in [-0.3, -0.25) is 10.1 Å². The van der Waals surface area contributed by atoms with Crippen LogP contribution in [0.15, 0.2) is 24.3 Å². The van der Waals surface area contributed by atoms with Gasteiger partial charge in [-0.1, -0.05) is 12.2 Å². The Kier molecular flexibility index (Phi) is 4.18. The van der Waals surface area contributed by atoms with Gasteiger partial charge in [0, 0.05) is 18.7 Å². The molecule has 0 amide bonds. The second kappa shape index (κ2) is 5.63. The summed E-state index contributed by atoms with van der Waals surface area (Å²) in [5.41, 5.74) is 0.722. The zero-order valence-electron chi connectivity index (χ0n) is 8.46. The molecule has 5 nitrogen and oxygen atoms in total. The fourth-order valence-electron chi connectivity index (χ4n) is 1.19. The summed E-state index contributed by atoms with van der Waals surface area (Å²) in [5.74, 6) is 0. The van der Waals surface area contributed by atoms with E-state index in [0.29, 0.717) is 12.0 Å². The second-order valence-corrected chi connectivity index (χ2v) is 3.10. The number of benzene rings is 1. The Morgan fingerprint density at radius 3 is 2.81 bits per heavy atom. The van der Waals surface area contributed by atoms with Crippen molar-refractivity contribution >= 4 is 11.8 Å². The van der Waals surface area contributed by atoms with E-state index < -0.39 is 4.92 Å². The Hall–Kier alpha value is -2.19. The largest absolute Gasteiger partial charge is 0.396 e. The Balaban J connectivity index is 3.05. The number of hydrogen-bond donors (Lipinski definition) is 1. The van der Waals surface area contributed by atoms with E-state index in [4.69, 9.17) is 10.4 Å². The van der Waals surface area contributed by atoms with Crippen molar-refractivity contribution in [3.63, 3.8) is 0 Å². The van der Waals surface area contributed by atoms with E-state index in [1.54, 1.807) is 18.2 Å². The molecule has 1 aromatic rings. The minimum absolute atomic E-state index is 0.0243. The van der Waals surface area contributed by atoms with Crippen LogP contribution >= 0.6 is 0 Å². The molecular weight excluding hydrogens is 208 g/mol. The van der Waals surface area contributed by atoms with Gasteiger partial charge in [-0.15, -0.1) is 0 Å². The normalized spacial score (nSPS) is 10.2. The van der Waals surface area contributed by atoms with Crippen molar-refractivity contribution in [3.8, 4) is 6.07 Å². The van der Waals surface area contributed by atoms with Crippen LogP contribution in [0.5, 0.6) is 0 Å². The lowest BCUT2D eigenvalue weighted by Gasteiger charge is -1.96. The second-order valence-electron chi connectivity index (χ2n) is 3.10. The van der Waals surface area contributed by atoms with Gasteiger partial charge in [-0.05, 0) is 18.1 Å². The van der Waals surface area contributed by atoms with Crippen LogP contribution in [0.25, 0.3) is 6.08 Å². The highest BCUT2D eigenvalue weighted by atomic mass is 16.6. The van der Waals surface area contributed by atoms with Crippen LogP contribution in [0.3, 0.4) is 0 Å². The molecule has 0 aliphatic heterocycles. The maximum atomic E-state index is 10.6. The van der Waals surface area contributed by atoms with Gasteiger partial charge in [-0.2, -0.15) is 5.26 Å². The van der Waals surface area contributed by atoms with E-state index in [-0.39, 0.29) is 17.9 Å². The van der Waals surface area contributed by atoms with Crippen LogP contribution in [0.2, 0.25) is 0 Å². The van der Waals surface area contributed by atoms with Gasteiger partial charge in [-0.25, -0.2) is 0 Å². The summed E-state index contributed by atoms with van der Waals surface area (Å²) in [6.07, 6.45) is 3.81. The summed E-state index contributed by atoms with van der Waals surface area (Å²) in [5, 5.41) is 27.9. The summed E-state index contributed by atoms with van der Waals surface area (Å²) >= 11 is 0. The number of aliphatic hydroxyl groups excluding tert-OH is 1. The van der Waals surface area contributed by atoms with Gasteiger partial charge < -0.3 is 5.11 Å². The predicted octanol–water partition coefficient (Wildman–Crippen LogP) is 1.86. The van der Waals surface area contributed by atoms with Gasteiger partial charge in [0.25, 0.3) is 5.69 Å². The molecule has 1 N–H and O–H groups in total. The molecule has 0 unspecified atom stereocenters. The molecule has 0 aliphatic carbocycles. The summed E-state index contributed by atoms with van der Waals surface area (Å²) in [6, 6.07) is 6.03. The van der Waals surface area contributed by atoms with Crippen molar-refractivity contribution < 1.29 is 10.0 Å². The van der Waals surface area contributed by atoms with Crippen LogP contribution < -0.4 is 0 Å². The number of non-ortho nitro benzene ring substituents is 1. The van der Waals surface area contributed by atoms with Crippen molar-refractivity contribution in [2.24, 2.45) is 0 Å². The van der Waals surface area contributed by atoms with Crippen molar-refractivity contribution in [3.05, 3.63) is 45.5 Å². The molecule has 0 fully saturated rings. The zero-order valence-corrected chi connectivity index (χ0v) is 8.46. The summed E-state index contributed by atoms with van der Waals surface area (Å²) < 4.78 is 0. The van der Waals surface area contributed by atoms with Crippen LogP contribution in [0.1, 0.15) is 17.5 Å². The number of nitrogens with zero attached hydrogens (tertiary/aromatic N) is 2. The molecule has 0 bridgehead atoms. The number of rotatable bonds is 4. The predicted molar refractivity (Wildman–Crippen MR) is 58.5 cm³/mol. The number of hydrogen-bond acceptors (Lipinski definition) is 4. The fourth-order valence-corrected chi connectivity index (χ4v) is 1.19. The van der Waals surface area contributed by atoms with Crippen LogP contribution in [-0.2, 0) is 0 Å². The third-order valence-electron chi connectivity index (χ3n) is 1.89. The van der Waals surface area contributed by atoms with Crippen molar-refractivity contribution in [2.75, 3.05) is 6.61 Å². The smallest absolute Gasteiger partial charge is 0.271 e. The lowest BCUT2D eigenvalue weighted by Crippen LogP contribution is -1.90. The average Bonchev–Trinajstić information content (AvgIpc) is 2.29. The number of nitro benzene ring substituents is 1. The fraction of sp³-hybridized carbons (Fsp3) is 0.182. The lowest BCUT2D eigenvalue weighted by molar-refractivity contribution is -0.384. The number of nitro groups is 1. The first-order valence-electron chi connectivity index (χ1n) is 4.64. The lowest BCUT2D eigenvalue weighted by atomic mass is 10.1. The van der Waals surface area contributed by atoms with Crippen LogP contribution in [0, 0.1) is 21.4 Å². The summed E-state index contributed by atoms with van der Waals surface area (Å²) in [4.78, 5) is 10.0. The third kappa shape index (κ3) is 3.19. The summed E-state index contributed by atoms with van der Waals surface area (Å²) in [7, 11) is 0. The minimum atomic E-state index is -0.537. The Morgan fingerprint density at radius 1 is 1.50 bits per heavy atom. The Bertz CT molecular complexity index is 461. The third-order valence-corrected chi connectivity index (χ3v) is 1.89. The number of nitriles is 1. The van der Waals surface area contributed by atoms with Crippen LogP contribution in [0.4, 0.5) is 5.69 Å². The van der Waals surface area contributed by atoms with Gasteiger partial charge in [0.1, 0.15) is 0 Å². The van der Waals surface area contributed by atoms with E-state index >= 15 is 0 Å². The monoisotopic (exact) mass is 218 g/mol. The molecule has 0 aliphatic rings. The zero-order chi connectivity index (χ0) is 12.0. The van der Waals surface area contributed by atoms with Crippen molar-refractivity contribution in [1.29, 1.82) is 5.26 Å².